The van der Waals surface area contributed by atoms with Gasteiger partial charge >= 0.3 is 6.09 Å². The zero-order valence-corrected chi connectivity index (χ0v) is 32.1. The molecule has 1 aromatic heterocycles. The Hall–Kier alpha value is -4.95. The minimum atomic E-state index is -3.62. The van der Waals surface area contributed by atoms with Gasteiger partial charge in [0, 0.05) is 37.7 Å². The molecule has 0 bridgehead atoms. The molecule has 2 aliphatic rings. The predicted octanol–water partition coefficient (Wildman–Crippen LogP) is 5.61. The number of H-pyrrole nitrogens is 2. The number of aromatic amines is 2. The van der Waals surface area contributed by atoms with E-state index in [1.165, 1.54) is 4.31 Å². The topological polar surface area (TPSA) is 183 Å². The second-order valence-corrected chi connectivity index (χ2v) is 17.4. The molecule has 1 aliphatic carbocycles. The molecule has 4 aromatic rings. The third-order valence-electron chi connectivity index (χ3n) is 10.2. The van der Waals surface area contributed by atoms with Gasteiger partial charge in [-0.3, -0.25) is 24.6 Å². The van der Waals surface area contributed by atoms with Crippen molar-refractivity contribution in [2.24, 2.45) is 11.8 Å². The Bertz CT molecular complexity index is 2170. The lowest BCUT2D eigenvalue weighted by Crippen LogP contribution is -2.48. The zero-order chi connectivity index (χ0) is 38.6. The fraction of sp³-hybridized carbons (Fsp3) is 0.450. The Kier molecular flexibility index (Phi) is 11.6. The Morgan fingerprint density at radius 3 is 2.41 bits per heavy atom. The summed E-state index contributed by atoms with van der Waals surface area (Å²) < 4.78 is 33.7. The third kappa shape index (κ3) is 9.40. The first kappa shape index (κ1) is 38.8. The van der Waals surface area contributed by atoms with Crippen molar-refractivity contribution in [3.63, 3.8) is 0 Å². The van der Waals surface area contributed by atoms with Crippen LogP contribution in [0.2, 0.25) is 0 Å². The number of hydrogen-bond acceptors (Lipinski definition) is 7. The first-order valence-corrected chi connectivity index (χ1v) is 20.1. The molecular weight excluding hydrogens is 709 g/mol. The summed E-state index contributed by atoms with van der Waals surface area (Å²) in [5.74, 6) is -0.721. The number of nitrogens with zero attached hydrogens (tertiary/aromatic N) is 1. The molecule has 288 valence electrons. The van der Waals surface area contributed by atoms with Crippen LogP contribution in [0.25, 0.3) is 22.0 Å². The first-order valence-electron chi connectivity index (χ1n) is 18.6. The summed E-state index contributed by atoms with van der Waals surface area (Å²) in [5, 5.41) is 14.6. The van der Waals surface area contributed by atoms with Gasteiger partial charge in [-0.25, -0.2) is 13.2 Å². The molecule has 1 saturated carbocycles. The van der Waals surface area contributed by atoms with Crippen LogP contribution < -0.4 is 21.5 Å². The predicted molar refractivity (Wildman–Crippen MR) is 207 cm³/mol. The molecule has 3 aromatic carbocycles. The van der Waals surface area contributed by atoms with E-state index in [1.54, 1.807) is 30.3 Å². The number of anilines is 1. The molecule has 5 N–H and O–H groups in total. The third-order valence-corrected chi connectivity index (χ3v) is 12.1. The van der Waals surface area contributed by atoms with E-state index in [0.717, 1.165) is 47.9 Å². The van der Waals surface area contributed by atoms with Crippen molar-refractivity contribution in [2.75, 3.05) is 25.0 Å². The Morgan fingerprint density at radius 2 is 1.69 bits per heavy atom. The van der Waals surface area contributed by atoms with Crippen LogP contribution in [0.4, 0.5) is 10.5 Å². The van der Waals surface area contributed by atoms with Crippen molar-refractivity contribution < 1.29 is 27.5 Å². The number of amides is 3. The number of carbonyl (C=O) groups excluding carboxylic acids is 3. The monoisotopic (exact) mass is 758 g/mol. The molecule has 0 radical (unpaired) electrons. The highest BCUT2D eigenvalue weighted by Crippen LogP contribution is 2.31. The molecule has 3 amide bonds. The number of alkyl carbamates (subject to hydrolysis) is 1. The van der Waals surface area contributed by atoms with Crippen LogP contribution in [-0.2, 0) is 30.8 Å². The molecule has 1 saturated heterocycles. The van der Waals surface area contributed by atoms with Crippen LogP contribution in [0.1, 0.15) is 70.4 Å². The van der Waals surface area contributed by atoms with E-state index >= 15 is 0 Å². The van der Waals surface area contributed by atoms with Crippen LogP contribution in [0.15, 0.2) is 70.4 Å². The number of fused-ring (bicyclic) bond motifs is 1. The van der Waals surface area contributed by atoms with Gasteiger partial charge in [-0.2, -0.15) is 4.31 Å². The maximum atomic E-state index is 13.9. The zero-order valence-electron chi connectivity index (χ0n) is 31.3. The number of carbonyl (C=O) groups is 3. The average molecular weight is 759 g/mol. The highest BCUT2D eigenvalue weighted by atomic mass is 32.2. The Morgan fingerprint density at radius 1 is 0.944 bits per heavy atom. The SMILES string of the molecule is Cc1ccc(S(=O)(=O)N2CCCC2)cc1-c1cccc(C[C@H](NC(=O)C2CCC(CNC(=O)OC(C)(C)C)CC2)C(=O)Nc2ccc3c(=O)[nH][nH]c3c2)c1. The van der Waals surface area contributed by atoms with Gasteiger partial charge in [-0.1, -0.05) is 30.3 Å². The number of hydrogen-bond donors (Lipinski definition) is 5. The lowest BCUT2D eigenvalue weighted by molar-refractivity contribution is -0.130. The Labute approximate surface area is 315 Å². The molecule has 0 spiro atoms. The molecule has 2 fully saturated rings. The van der Waals surface area contributed by atoms with Crippen LogP contribution in [0.3, 0.4) is 0 Å². The van der Waals surface area contributed by atoms with Crippen LogP contribution in [-0.4, -0.2) is 72.1 Å². The first-order chi connectivity index (χ1) is 25.7. The van der Waals surface area contributed by atoms with Crippen LogP contribution in [0, 0.1) is 18.8 Å². The second-order valence-electron chi connectivity index (χ2n) is 15.5. The quantitative estimate of drug-likeness (QED) is 0.132. The molecule has 13 nitrogen and oxygen atoms in total. The van der Waals surface area contributed by atoms with E-state index in [0.29, 0.717) is 49.1 Å². The number of nitrogens with one attached hydrogen (secondary N) is 5. The van der Waals surface area contributed by atoms with Gasteiger partial charge in [0.15, 0.2) is 0 Å². The molecule has 6 rings (SSSR count). The minimum Gasteiger partial charge on any atom is -0.444 e. The van der Waals surface area contributed by atoms with Gasteiger partial charge in [0.1, 0.15) is 11.6 Å². The summed E-state index contributed by atoms with van der Waals surface area (Å²) in [5.41, 5.74) is 3.40. The highest BCUT2D eigenvalue weighted by molar-refractivity contribution is 7.89. The van der Waals surface area contributed by atoms with Crippen molar-refractivity contribution in [2.45, 2.75) is 89.2 Å². The van der Waals surface area contributed by atoms with Gasteiger partial charge in [-0.15, -0.1) is 0 Å². The molecule has 0 unspecified atom stereocenters. The van der Waals surface area contributed by atoms with E-state index in [2.05, 4.69) is 26.1 Å². The molecular formula is C40H50N6O7S. The molecule has 2 heterocycles. The van der Waals surface area contributed by atoms with Gasteiger partial charge < -0.3 is 20.7 Å². The van der Waals surface area contributed by atoms with Crippen LogP contribution >= 0.6 is 0 Å². The summed E-state index contributed by atoms with van der Waals surface area (Å²) in [7, 11) is -3.62. The number of aryl methyl sites for hydroxylation is 1. The summed E-state index contributed by atoms with van der Waals surface area (Å²) in [6.07, 6.45) is 4.13. The minimum absolute atomic E-state index is 0.175. The second kappa shape index (κ2) is 16.2. The van der Waals surface area contributed by atoms with E-state index in [4.69, 9.17) is 4.74 Å². The lowest BCUT2D eigenvalue weighted by Gasteiger charge is -2.29. The van der Waals surface area contributed by atoms with E-state index < -0.39 is 33.7 Å². The smallest absolute Gasteiger partial charge is 0.407 e. The Balaban J connectivity index is 1.18. The fourth-order valence-electron chi connectivity index (χ4n) is 7.27. The van der Waals surface area contributed by atoms with Crippen molar-refractivity contribution in [3.8, 4) is 11.1 Å². The summed E-state index contributed by atoms with van der Waals surface area (Å²) in [6, 6.07) is 16.8. The van der Waals surface area contributed by atoms with E-state index in [-0.39, 0.29) is 34.6 Å². The maximum absolute atomic E-state index is 13.9. The average Bonchev–Trinajstić information content (AvgIpc) is 3.81. The number of aromatic nitrogens is 2. The molecule has 54 heavy (non-hydrogen) atoms. The number of sulfonamides is 1. The molecule has 1 aliphatic heterocycles. The van der Waals surface area contributed by atoms with Gasteiger partial charge in [0.25, 0.3) is 5.56 Å². The van der Waals surface area contributed by atoms with Crippen LogP contribution in [0.5, 0.6) is 0 Å². The maximum Gasteiger partial charge on any atom is 0.407 e. The molecule has 1 atom stereocenters. The van der Waals surface area contributed by atoms with Gasteiger partial charge in [0.05, 0.1) is 15.8 Å². The number of benzene rings is 3. The summed E-state index contributed by atoms with van der Waals surface area (Å²) >= 11 is 0. The normalized spacial score (nSPS) is 18.6. The fourth-order valence-corrected chi connectivity index (χ4v) is 8.81. The van der Waals surface area contributed by atoms with Crippen molar-refractivity contribution >= 4 is 44.5 Å². The largest absolute Gasteiger partial charge is 0.444 e. The number of rotatable bonds is 11. The van der Waals surface area contributed by atoms with Crippen molar-refractivity contribution in [1.29, 1.82) is 0 Å². The van der Waals surface area contributed by atoms with E-state index in [1.807, 2.05) is 58.0 Å². The van der Waals surface area contributed by atoms with E-state index in [9.17, 15) is 27.6 Å². The van der Waals surface area contributed by atoms with Crippen molar-refractivity contribution in [1.82, 2.24) is 25.1 Å². The highest BCUT2D eigenvalue weighted by Gasteiger charge is 2.31. The summed E-state index contributed by atoms with van der Waals surface area (Å²) in [4.78, 5) is 52.1. The standard InChI is InChI=1S/C40H50N6O7S/c1-25-10-16-31(54(51,52)46-18-5-6-19-46)23-33(25)29-9-7-8-27(20-29)21-35(38(49)42-30-15-17-32-34(22-30)44-45-37(32)48)43-36(47)28-13-11-26(12-14-28)24-41-39(50)53-40(2,3)4/h7-10,15-17,20,22-23,26,28,35H,5-6,11-14,18-19,21,24H2,1-4H3,(H,41,50)(H,42,49)(H,43,47)(H2,44,45,48)/t26?,28?,35-/m0/s1. The van der Waals surface area contributed by atoms with Crippen molar-refractivity contribution in [3.05, 3.63) is 82.1 Å². The number of ether oxygens (including phenoxy) is 1. The lowest BCUT2D eigenvalue weighted by atomic mass is 9.81. The van der Waals surface area contributed by atoms with Gasteiger partial charge in [-0.05, 0) is 125 Å². The van der Waals surface area contributed by atoms with Gasteiger partial charge in [0.2, 0.25) is 21.8 Å². The summed E-state index contributed by atoms with van der Waals surface area (Å²) in [6.45, 7) is 8.87. The molecule has 14 heteroatoms.